The Morgan fingerprint density at radius 2 is 1.96 bits per heavy atom. The largest absolute Gasteiger partial charge is 0.493 e. The van der Waals surface area contributed by atoms with Crippen LogP contribution in [0.25, 0.3) is 0 Å². The third-order valence-electron chi connectivity index (χ3n) is 5.54. The molecule has 0 bridgehead atoms. The quantitative estimate of drug-likeness (QED) is 0.640. The molecule has 1 aliphatic carbocycles. The molecule has 4 nitrogen and oxygen atoms in total. The van der Waals surface area contributed by atoms with Crippen molar-refractivity contribution in [3.8, 4) is 11.5 Å². The first-order valence-corrected chi connectivity index (χ1v) is 8.93. The van der Waals surface area contributed by atoms with Gasteiger partial charge in [-0.15, -0.1) is 0 Å². The number of methoxy groups -OCH3 is 2. The van der Waals surface area contributed by atoms with Crippen molar-refractivity contribution >= 4 is 11.5 Å². The number of ether oxygens (including phenoxy) is 2. The number of ketones is 1. The van der Waals surface area contributed by atoms with Crippen LogP contribution in [0.3, 0.4) is 0 Å². The van der Waals surface area contributed by atoms with Crippen molar-refractivity contribution < 1.29 is 14.3 Å². The molecule has 4 rings (SSSR count). The van der Waals surface area contributed by atoms with Crippen LogP contribution in [-0.4, -0.2) is 20.0 Å². The average Bonchev–Trinajstić information content (AvgIpc) is 3.16. The van der Waals surface area contributed by atoms with Gasteiger partial charge in [0.25, 0.3) is 0 Å². The van der Waals surface area contributed by atoms with Crippen molar-refractivity contribution in [1.82, 2.24) is 0 Å². The summed E-state index contributed by atoms with van der Waals surface area (Å²) in [6.45, 7) is 1.61. The SMILES string of the molecule is COc1cccc([C@@H]2Nc3ccc(C(C)=O)cc3[C@@H]3C=CC[C@@H]32)c1OC. The maximum atomic E-state index is 11.8. The number of Topliss-reactive ketones (excluding diaryl/α,β-unsaturated/α-hetero) is 1. The molecule has 2 aromatic carbocycles. The molecule has 1 N–H and O–H groups in total. The summed E-state index contributed by atoms with van der Waals surface area (Å²) in [5.74, 6) is 2.30. The molecule has 1 aliphatic heterocycles. The number of hydrogen-bond donors (Lipinski definition) is 1. The van der Waals surface area contributed by atoms with Crippen LogP contribution in [0.5, 0.6) is 11.5 Å². The predicted molar refractivity (Wildman–Crippen MR) is 102 cm³/mol. The first kappa shape index (κ1) is 16.7. The van der Waals surface area contributed by atoms with Gasteiger partial charge in [-0.3, -0.25) is 4.79 Å². The zero-order valence-electron chi connectivity index (χ0n) is 15.3. The van der Waals surface area contributed by atoms with Gasteiger partial charge in [0.15, 0.2) is 17.3 Å². The summed E-state index contributed by atoms with van der Waals surface area (Å²) in [5.41, 5.74) is 4.15. The van der Waals surface area contributed by atoms with Gasteiger partial charge in [0.05, 0.1) is 20.3 Å². The van der Waals surface area contributed by atoms with Crippen molar-refractivity contribution in [3.63, 3.8) is 0 Å². The van der Waals surface area contributed by atoms with E-state index in [9.17, 15) is 4.79 Å². The van der Waals surface area contributed by atoms with Crippen molar-refractivity contribution in [2.24, 2.45) is 5.92 Å². The van der Waals surface area contributed by atoms with Crippen LogP contribution in [-0.2, 0) is 0 Å². The lowest BCUT2D eigenvalue weighted by molar-refractivity contribution is 0.101. The van der Waals surface area contributed by atoms with Gasteiger partial charge in [-0.1, -0.05) is 24.3 Å². The number of carbonyl (C=O) groups excluding carboxylic acids is 1. The lowest BCUT2D eigenvalue weighted by Gasteiger charge is -2.38. The fourth-order valence-corrected chi connectivity index (χ4v) is 4.28. The minimum absolute atomic E-state index is 0.0999. The topological polar surface area (TPSA) is 47.6 Å². The van der Waals surface area contributed by atoms with E-state index < -0.39 is 0 Å². The van der Waals surface area contributed by atoms with E-state index >= 15 is 0 Å². The summed E-state index contributed by atoms with van der Waals surface area (Å²) in [6, 6.07) is 12.1. The molecule has 0 aromatic heterocycles. The van der Waals surface area contributed by atoms with E-state index in [1.54, 1.807) is 21.1 Å². The number of para-hydroxylation sites is 1. The highest BCUT2D eigenvalue weighted by Crippen LogP contribution is 2.52. The maximum Gasteiger partial charge on any atom is 0.165 e. The second kappa shape index (κ2) is 6.52. The second-order valence-electron chi connectivity index (χ2n) is 6.92. The van der Waals surface area contributed by atoms with Crippen LogP contribution in [0.2, 0.25) is 0 Å². The third kappa shape index (κ3) is 2.57. The van der Waals surface area contributed by atoms with Crippen LogP contribution in [0.1, 0.15) is 46.8 Å². The van der Waals surface area contributed by atoms with Crippen molar-refractivity contribution in [2.75, 3.05) is 19.5 Å². The minimum atomic E-state index is 0.0999. The second-order valence-corrected chi connectivity index (χ2v) is 6.92. The smallest absolute Gasteiger partial charge is 0.165 e. The van der Waals surface area contributed by atoms with E-state index in [0.717, 1.165) is 34.7 Å². The van der Waals surface area contributed by atoms with E-state index in [1.807, 2.05) is 30.3 Å². The monoisotopic (exact) mass is 349 g/mol. The van der Waals surface area contributed by atoms with Gasteiger partial charge in [0.1, 0.15) is 0 Å². The zero-order chi connectivity index (χ0) is 18.3. The molecule has 0 amide bonds. The zero-order valence-corrected chi connectivity index (χ0v) is 15.3. The van der Waals surface area contributed by atoms with E-state index in [4.69, 9.17) is 9.47 Å². The minimum Gasteiger partial charge on any atom is -0.493 e. The van der Waals surface area contributed by atoms with Gasteiger partial charge in [-0.05, 0) is 49.1 Å². The highest BCUT2D eigenvalue weighted by Gasteiger charge is 2.39. The van der Waals surface area contributed by atoms with Crippen LogP contribution in [0, 0.1) is 5.92 Å². The van der Waals surface area contributed by atoms with E-state index in [0.29, 0.717) is 11.8 Å². The molecule has 0 spiro atoms. The summed E-state index contributed by atoms with van der Waals surface area (Å²) in [7, 11) is 3.34. The molecule has 0 saturated heterocycles. The fraction of sp³-hybridized carbons (Fsp3) is 0.318. The molecule has 2 aromatic rings. The molecule has 0 unspecified atom stereocenters. The average molecular weight is 349 g/mol. The van der Waals surface area contributed by atoms with Gasteiger partial charge < -0.3 is 14.8 Å². The number of nitrogens with one attached hydrogen (secondary N) is 1. The van der Waals surface area contributed by atoms with Crippen molar-refractivity contribution in [2.45, 2.75) is 25.3 Å². The molecule has 0 radical (unpaired) electrons. The number of rotatable bonds is 4. The number of carbonyl (C=O) groups is 1. The Kier molecular flexibility index (Phi) is 4.19. The standard InChI is InChI=1S/C22H23NO3/c1-13(24)14-10-11-19-18(12-14)15-6-4-7-16(15)21(23-19)17-8-5-9-20(25-2)22(17)26-3/h4-6,8-12,15-16,21,23H,7H2,1-3H3/t15-,16+,21-/m1/s1. The first-order chi connectivity index (χ1) is 12.6. The molecule has 2 aliphatic rings. The van der Waals surface area contributed by atoms with Crippen LogP contribution in [0.4, 0.5) is 5.69 Å². The Morgan fingerprint density at radius 1 is 1.12 bits per heavy atom. The Balaban J connectivity index is 1.81. The highest BCUT2D eigenvalue weighted by atomic mass is 16.5. The summed E-state index contributed by atoms with van der Waals surface area (Å²) in [4.78, 5) is 11.8. The Morgan fingerprint density at radius 3 is 2.69 bits per heavy atom. The van der Waals surface area contributed by atoms with Gasteiger partial charge in [0, 0.05) is 22.7 Å². The van der Waals surface area contributed by atoms with Crippen LogP contribution in [0.15, 0.2) is 48.6 Å². The maximum absolute atomic E-state index is 11.8. The predicted octanol–water partition coefficient (Wildman–Crippen LogP) is 4.73. The van der Waals surface area contributed by atoms with Gasteiger partial charge in [0.2, 0.25) is 0 Å². The molecule has 0 saturated carbocycles. The van der Waals surface area contributed by atoms with E-state index in [-0.39, 0.29) is 11.8 Å². The first-order valence-electron chi connectivity index (χ1n) is 8.93. The number of allylic oxidation sites excluding steroid dienone is 2. The fourth-order valence-electron chi connectivity index (χ4n) is 4.28. The number of fused-ring (bicyclic) bond motifs is 3. The third-order valence-corrected chi connectivity index (χ3v) is 5.54. The highest BCUT2D eigenvalue weighted by molar-refractivity contribution is 5.95. The van der Waals surface area contributed by atoms with E-state index in [1.165, 1.54) is 5.56 Å². The lowest BCUT2D eigenvalue weighted by Crippen LogP contribution is -2.29. The normalized spacial score (nSPS) is 23.0. The van der Waals surface area contributed by atoms with Crippen LogP contribution >= 0.6 is 0 Å². The van der Waals surface area contributed by atoms with Gasteiger partial charge >= 0.3 is 0 Å². The summed E-state index contributed by atoms with van der Waals surface area (Å²) in [6.07, 6.45) is 5.51. The Hall–Kier alpha value is -2.75. The molecule has 26 heavy (non-hydrogen) atoms. The summed E-state index contributed by atoms with van der Waals surface area (Å²) >= 11 is 0. The van der Waals surface area contributed by atoms with Gasteiger partial charge in [-0.25, -0.2) is 0 Å². The lowest BCUT2D eigenvalue weighted by atomic mass is 9.76. The summed E-state index contributed by atoms with van der Waals surface area (Å²) in [5, 5.41) is 3.69. The van der Waals surface area contributed by atoms with Crippen LogP contribution < -0.4 is 14.8 Å². The number of benzene rings is 2. The number of anilines is 1. The van der Waals surface area contributed by atoms with Crippen molar-refractivity contribution in [3.05, 3.63) is 65.2 Å². The molecular weight excluding hydrogens is 326 g/mol. The molecule has 134 valence electrons. The molecule has 4 heteroatoms. The molecule has 0 fully saturated rings. The molecule has 3 atom stereocenters. The Labute approximate surface area is 153 Å². The van der Waals surface area contributed by atoms with Crippen molar-refractivity contribution in [1.29, 1.82) is 0 Å². The summed E-state index contributed by atoms with van der Waals surface area (Å²) < 4.78 is 11.2. The van der Waals surface area contributed by atoms with E-state index in [2.05, 4.69) is 23.5 Å². The molecule has 1 heterocycles. The van der Waals surface area contributed by atoms with Gasteiger partial charge in [-0.2, -0.15) is 0 Å². The number of hydrogen-bond acceptors (Lipinski definition) is 4. The Bertz CT molecular complexity index is 887. The molecular formula is C22H23NO3.